The molecule has 0 radical (unpaired) electrons. The Hall–Kier alpha value is -4.01. The van der Waals surface area contributed by atoms with Gasteiger partial charge in [-0.1, -0.05) is 13.8 Å². The van der Waals surface area contributed by atoms with Gasteiger partial charge in [0, 0.05) is 18.3 Å². The molecule has 1 aromatic heterocycles. The largest absolute Gasteiger partial charge is 0.481 e. The number of hydrogen-bond donors (Lipinski definition) is 8. The van der Waals surface area contributed by atoms with Crippen LogP contribution in [0.25, 0.3) is 0 Å². The van der Waals surface area contributed by atoms with Crippen molar-refractivity contribution in [3.8, 4) is 0 Å². The van der Waals surface area contributed by atoms with Crippen molar-refractivity contribution in [1.29, 1.82) is 0 Å². The Labute approximate surface area is 200 Å². The van der Waals surface area contributed by atoms with Gasteiger partial charge in [-0.3, -0.25) is 24.0 Å². The van der Waals surface area contributed by atoms with E-state index < -0.39 is 72.6 Å². The molecular weight excluding hydrogens is 466 g/mol. The first-order chi connectivity index (χ1) is 16.3. The number of carbonyl (C=O) groups is 6. The van der Waals surface area contributed by atoms with Gasteiger partial charge in [-0.2, -0.15) is 0 Å². The van der Waals surface area contributed by atoms with Crippen molar-refractivity contribution in [2.45, 2.75) is 63.7 Å². The van der Waals surface area contributed by atoms with Gasteiger partial charge in [0.2, 0.25) is 23.6 Å². The van der Waals surface area contributed by atoms with Crippen molar-refractivity contribution in [1.82, 2.24) is 25.9 Å². The Bertz CT molecular complexity index is 919. The molecule has 35 heavy (non-hydrogen) atoms. The van der Waals surface area contributed by atoms with Gasteiger partial charge in [-0.25, -0.2) is 9.78 Å². The van der Waals surface area contributed by atoms with E-state index in [1.54, 1.807) is 13.8 Å². The number of carbonyl (C=O) groups excluding carboxylic acids is 4. The number of H-pyrrole nitrogens is 1. The zero-order valence-corrected chi connectivity index (χ0v) is 19.3. The molecule has 10 N–H and O–H groups in total. The molecule has 0 saturated heterocycles. The summed E-state index contributed by atoms with van der Waals surface area (Å²) in [5.41, 5.74) is 11.1. The number of aromatic amines is 1. The summed E-state index contributed by atoms with van der Waals surface area (Å²) in [6.07, 6.45) is 1.30. The number of aliphatic carboxylic acids is 2. The molecule has 1 rings (SSSR count). The van der Waals surface area contributed by atoms with Gasteiger partial charge in [-0.15, -0.1) is 0 Å². The van der Waals surface area contributed by atoms with Crippen LogP contribution in [0.4, 0.5) is 0 Å². The minimum atomic E-state index is -1.64. The number of carboxylic acids is 2. The third-order valence-corrected chi connectivity index (χ3v) is 4.70. The molecule has 0 aliphatic heterocycles. The van der Waals surface area contributed by atoms with Crippen LogP contribution in [0.15, 0.2) is 12.5 Å². The van der Waals surface area contributed by atoms with Crippen LogP contribution in [0, 0.1) is 5.92 Å². The van der Waals surface area contributed by atoms with Crippen LogP contribution in [0.1, 0.15) is 38.8 Å². The monoisotopic (exact) mass is 497 g/mol. The fraction of sp³-hybridized carbons (Fsp3) is 0.550. The zero-order valence-electron chi connectivity index (χ0n) is 19.3. The molecule has 1 aromatic rings. The Morgan fingerprint density at radius 1 is 0.943 bits per heavy atom. The average molecular weight is 498 g/mol. The molecule has 0 aliphatic carbocycles. The summed E-state index contributed by atoms with van der Waals surface area (Å²) in [6, 6.07) is -5.65. The van der Waals surface area contributed by atoms with E-state index in [1.807, 2.05) is 0 Å². The van der Waals surface area contributed by atoms with Crippen LogP contribution in [0.5, 0.6) is 0 Å². The summed E-state index contributed by atoms with van der Waals surface area (Å²) in [7, 11) is 0. The standard InChI is InChI=1S/C20H31N7O8/c1-9(2)3-14(20(34)35)27-19(33)13(6-16(29)30)26-18(32)12(4-10-7-23-8-24-10)25-17(31)11(21)5-15(22)28/h7-9,11-14H,3-6,21H2,1-2H3,(H2,22,28)(H,23,24)(H,25,31)(H,26,32)(H,27,33)(H,29,30)(H,34,35). The number of aromatic nitrogens is 2. The summed E-state index contributed by atoms with van der Waals surface area (Å²) >= 11 is 0. The molecule has 194 valence electrons. The van der Waals surface area contributed by atoms with E-state index in [4.69, 9.17) is 11.5 Å². The SMILES string of the molecule is CC(C)CC(NC(=O)C(CC(=O)O)NC(=O)C(Cc1cnc[nH]1)NC(=O)C(N)CC(N)=O)C(=O)O. The van der Waals surface area contributed by atoms with Gasteiger partial charge in [0.25, 0.3) is 0 Å². The number of amides is 4. The van der Waals surface area contributed by atoms with Crippen LogP contribution >= 0.6 is 0 Å². The molecule has 0 spiro atoms. The highest BCUT2D eigenvalue weighted by atomic mass is 16.4. The number of nitrogens with zero attached hydrogens (tertiary/aromatic N) is 1. The molecule has 0 fully saturated rings. The number of nitrogens with two attached hydrogens (primary N) is 2. The Morgan fingerprint density at radius 2 is 1.51 bits per heavy atom. The second kappa shape index (κ2) is 13.6. The van der Waals surface area contributed by atoms with Crippen molar-refractivity contribution in [2.75, 3.05) is 0 Å². The molecule has 0 bridgehead atoms. The molecule has 0 aliphatic rings. The van der Waals surface area contributed by atoms with Crippen molar-refractivity contribution in [2.24, 2.45) is 17.4 Å². The van der Waals surface area contributed by atoms with Gasteiger partial charge in [0.1, 0.15) is 18.1 Å². The number of rotatable bonds is 15. The Kier molecular flexibility index (Phi) is 11.3. The van der Waals surface area contributed by atoms with Crippen LogP contribution in [0.2, 0.25) is 0 Å². The third kappa shape index (κ3) is 10.6. The van der Waals surface area contributed by atoms with Crippen molar-refractivity contribution in [3.05, 3.63) is 18.2 Å². The Balaban J connectivity index is 3.07. The minimum absolute atomic E-state index is 0.0745. The van der Waals surface area contributed by atoms with Gasteiger partial charge in [0.05, 0.1) is 25.2 Å². The first-order valence-electron chi connectivity index (χ1n) is 10.7. The summed E-state index contributed by atoms with van der Waals surface area (Å²) in [5.74, 6) is -6.54. The normalized spacial score (nSPS) is 14.3. The molecule has 15 heteroatoms. The van der Waals surface area contributed by atoms with E-state index >= 15 is 0 Å². The smallest absolute Gasteiger partial charge is 0.326 e. The van der Waals surface area contributed by atoms with Crippen molar-refractivity contribution < 1.29 is 39.0 Å². The van der Waals surface area contributed by atoms with Crippen LogP contribution in [0.3, 0.4) is 0 Å². The molecule has 4 unspecified atom stereocenters. The van der Waals surface area contributed by atoms with Crippen LogP contribution in [-0.4, -0.2) is 79.9 Å². The molecular formula is C20H31N7O8. The van der Waals surface area contributed by atoms with Crippen LogP contribution < -0.4 is 27.4 Å². The molecule has 15 nitrogen and oxygen atoms in total. The predicted molar refractivity (Wildman–Crippen MR) is 119 cm³/mol. The summed E-state index contributed by atoms with van der Waals surface area (Å²) in [6.45, 7) is 3.48. The maximum absolute atomic E-state index is 13.0. The molecule has 0 aromatic carbocycles. The lowest BCUT2D eigenvalue weighted by molar-refractivity contribution is -0.144. The lowest BCUT2D eigenvalue weighted by atomic mass is 10.0. The van der Waals surface area contributed by atoms with E-state index in [-0.39, 0.29) is 18.8 Å². The maximum Gasteiger partial charge on any atom is 0.326 e. The molecule has 1 heterocycles. The topological polar surface area (TPSA) is 260 Å². The number of primary amides is 1. The van der Waals surface area contributed by atoms with E-state index in [1.165, 1.54) is 12.5 Å². The van der Waals surface area contributed by atoms with E-state index in [2.05, 4.69) is 25.9 Å². The number of imidazole rings is 1. The second-order valence-electron chi connectivity index (χ2n) is 8.31. The summed E-state index contributed by atoms with van der Waals surface area (Å²) < 4.78 is 0. The lowest BCUT2D eigenvalue weighted by Crippen LogP contribution is -2.58. The first kappa shape index (κ1) is 29.0. The average Bonchev–Trinajstić information content (AvgIpc) is 3.24. The maximum atomic E-state index is 13.0. The van der Waals surface area contributed by atoms with Gasteiger partial charge < -0.3 is 42.6 Å². The highest BCUT2D eigenvalue weighted by Crippen LogP contribution is 2.07. The molecule has 4 amide bonds. The minimum Gasteiger partial charge on any atom is -0.481 e. The fourth-order valence-electron chi connectivity index (χ4n) is 3.04. The van der Waals surface area contributed by atoms with Crippen molar-refractivity contribution >= 4 is 35.6 Å². The van der Waals surface area contributed by atoms with E-state index in [0.29, 0.717) is 5.69 Å². The van der Waals surface area contributed by atoms with Gasteiger partial charge >= 0.3 is 11.9 Å². The number of nitrogens with one attached hydrogen (secondary N) is 4. The van der Waals surface area contributed by atoms with Gasteiger partial charge in [-0.05, 0) is 12.3 Å². The van der Waals surface area contributed by atoms with Crippen molar-refractivity contribution in [3.63, 3.8) is 0 Å². The fourth-order valence-corrected chi connectivity index (χ4v) is 3.04. The third-order valence-electron chi connectivity index (χ3n) is 4.70. The summed E-state index contributed by atoms with van der Waals surface area (Å²) in [5, 5.41) is 25.3. The summed E-state index contributed by atoms with van der Waals surface area (Å²) in [4.78, 5) is 78.3. The highest BCUT2D eigenvalue weighted by Gasteiger charge is 2.32. The quantitative estimate of drug-likeness (QED) is 0.123. The lowest BCUT2D eigenvalue weighted by Gasteiger charge is -2.24. The zero-order chi connectivity index (χ0) is 26.7. The van der Waals surface area contributed by atoms with E-state index in [0.717, 1.165) is 0 Å². The van der Waals surface area contributed by atoms with Gasteiger partial charge in [0.15, 0.2) is 0 Å². The second-order valence-corrected chi connectivity index (χ2v) is 8.31. The molecule has 0 saturated carbocycles. The predicted octanol–water partition coefficient (Wildman–Crippen LogP) is -2.79. The first-order valence-corrected chi connectivity index (χ1v) is 10.7. The molecule has 4 atom stereocenters. The highest BCUT2D eigenvalue weighted by molar-refractivity contribution is 5.96. The number of hydrogen-bond acceptors (Lipinski definition) is 8. The Morgan fingerprint density at radius 3 is 2.00 bits per heavy atom. The van der Waals surface area contributed by atoms with Crippen LogP contribution in [-0.2, 0) is 35.2 Å². The number of carboxylic acid groups (broad SMARTS) is 2. The van der Waals surface area contributed by atoms with E-state index in [9.17, 15) is 39.0 Å².